The van der Waals surface area contributed by atoms with Crippen LogP contribution in [0.3, 0.4) is 0 Å². The minimum absolute atomic E-state index is 0.506. The Hall–Kier alpha value is -1.28. The van der Waals surface area contributed by atoms with Crippen molar-refractivity contribution in [1.82, 2.24) is 0 Å². The zero-order valence-electron chi connectivity index (χ0n) is 8.44. The number of anilines is 1. The van der Waals surface area contributed by atoms with Crippen LogP contribution >= 0.6 is 11.3 Å². The molecule has 1 N–H and O–H groups in total. The lowest BCUT2D eigenvalue weighted by atomic mass is 9.95. The fraction of sp³-hybridized carbons (Fsp3) is 0.231. The van der Waals surface area contributed by atoms with E-state index in [1.165, 1.54) is 29.7 Å². The smallest absolute Gasteiger partial charge is 0.0525 e. The van der Waals surface area contributed by atoms with Crippen molar-refractivity contribution in [2.24, 2.45) is 0 Å². The van der Waals surface area contributed by atoms with Gasteiger partial charge in [-0.1, -0.05) is 18.2 Å². The Morgan fingerprint density at radius 1 is 1.20 bits per heavy atom. The van der Waals surface area contributed by atoms with Gasteiger partial charge in [0.05, 0.1) is 6.04 Å². The summed E-state index contributed by atoms with van der Waals surface area (Å²) in [5, 5.41) is 8.00. The predicted octanol–water partition coefficient (Wildman–Crippen LogP) is 3.85. The van der Waals surface area contributed by atoms with Gasteiger partial charge in [-0.05, 0) is 46.9 Å². The second-order valence-corrected chi connectivity index (χ2v) is 4.73. The van der Waals surface area contributed by atoms with E-state index in [0.717, 1.165) is 0 Å². The topological polar surface area (TPSA) is 12.0 Å². The quantitative estimate of drug-likeness (QED) is 0.762. The SMILES string of the molecule is c1ccc2c(c1)CCC(c1ccsc1)N2. The number of nitrogens with one attached hydrogen (secondary N) is 1. The van der Waals surface area contributed by atoms with Crippen LogP contribution in [0.2, 0.25) is 0 Å². The van der Waals surface area contributed by atoms with E-state index in [-0.39, 0.29) is 0 Å². The third kappa shape index (κ3) is 1.65. The van der Waals surface area contributed by atoms with Gasteiger partial charge in [0.2, 0.25) is 0 Å². The summed E-state index contributed by atoms with van der Waals surface area (Å²) in [6.07, 6.45) is 2.39. The Bertz CT molecular complexity index is 447. The molecule has 1 aliphatic heterocycles. The summed E-state index contributed by atoms with van der Waals surface area (Å²) >= 11 is 1.77. The molecule has 1 aromatic heterocycles. The van der Waals surface area contributed by atoms with Crippen molar-refractivity contribution in [1.29, 1.82) is 0 Å². The molecule has 1 aromatic carbocycles. The number of hydrogen-bond acceptors (Lipinski definition) is 2. The first kappa shape index (κ1) is 8.98. The molecule has 0 radical (unpaired) electrons. The summed E-state index contributed by atoms with van der Waals surface area (Å²) in [7, 11) is 0. The van der Waals surface area contributed by atoms with E-state index in [4.69, 9.17) is 0 Å². The third-order valence-corrected chi connectivity index (χ3v) is 3.70. The Morgan fingerprint density at radius 2 is 2.13 bits per heavy atom. The fourth-order valence-corrected chi connectivity index (χ4v) is 2.88. The Balaban J connectivity index is 1.89. The predicted molar refractivity (Wildman–Crippen MR) is 65.4 cm³/mol. The van der Waals surface area contributed by atoms with Crippen molar-refractivity contribution in [2.75, 3.05) is 5.32 Å². The Labute approximate surface area is 93.8 Å². The van der Waals surface area contributed by atoms with E-state index in [2.05, 4.69) is 46.4 Å². The van der Waals surface area contributed by atoms with Gasteiger partial charge < -0.3 is 5.32 Å². The molecule has 0 saturated carbocycles. The highest BCUT2D eigenvalue weighted by Gasteiger charge is 2.18. The van der Waals surface area contributed by atoms with Gasteiger partial charge in [-0.3, -0.25) is 0 Å². The third-order valence-electron chi connectivity index (χ3n) is 3.00. The molecule has 0 spiro atoms. The summed E-state index contributed by atoms with van der Waals surface area (Å²) in [4.78, 5) is 0. The molecular formula is C13H13NS. The first-order chi connectivity index (χ1) is 7.43. The molecule has 0 bridgehead atoms. The maximum atomic E-state index is 3.61. The van der Waals surface area contributed by atoms with Gasteiger partial charge in [-0.15, -0.1) is 0 Å². The number of para-hydroxylation sites is 1. The minimum atomic E-state index is 0.506. The second kappa shape index (κ2) is 3.70. The lowest BCUT2D eigenvalue weighted by Crippen LogP contribution is -2.17. The Kier molecular flexibility index (Phi) is 2.22. The highest BCUT2D eigenvalue weighted by Crippen LogP contribution is 2.32. The highest BCUT2D eigenvalue weighted by atomic mass is 32.1. The zero-order chi connectivity index (χ0) is 10.1. The van der Waals surface area contributed by atoms with E-state index in [1.54, 1.807) is 11.3 Å². The molecule has 3 rings (SSSR count). The van der Waals surface area contributed by atoms with Gasteiger partial charge in [0.15, 0.2) is 0 Å². The molecule has 1 unspecified atom stereocenters. The van der Waals surface area contributed by atoms with Crippen LogP contribution in [-0.4, -0.2) is 0 Å². The average Bonchev–Trinajstić information content (AvgIpc) is 2.82. The van der Waals surface area contributed by atoms with Crippen LogP contribution in [0.4, 0.5) is 5.69 Å². The van der Waals surface area contributed by atoms with Crippen molar-refractivity contribution in [3.8, 4) is 0 Å². The number of benzene rings is 1. The van der Waals surface area contributed by atoms with Gasteiger partial charge in [0.1, 0.15) is 0 Å². The second-order valence-electron chi connectivity index (χ2n) is 3.95. The summed E-state index contributed by atoms with van der Waals surface area (Å²) in [5.41, 5.74) is 4.18. The lowest BCUT2D eigenvalue weighted by Gasteiger charge is -2.26. The first-order valence-corrected chi connectivity index (χ1v) is 6.24. The maximum absolute atomic E-state index is 3.61. The number of thiophene rings is 1. The molecule has 2 heterocycles. The van der Waals surface area contributed by atoms with Crippen LogP contribution in [0.15, 0.2) is 41.1 Å². The van der Waals surface area contributed by atoms with Gasteiger partial charge in [0.25, 0.3) is 0 Å². The van der Waals surface area contributed by atoms with E-state index < -0.39 is 0 Å². The Morgan fingerprint density at radius 3 is 3.00 bits per heavy atom. The molecule has 2 aromatic rings. The molecule has 76 valence electrons. The summed E-state index contributed by atoms with van der Waals surface area (Å²) in [6, 6.07) is 11.3. The normalized spacial score (nSPS) is 19.3. The fourth-order valence-electron chi connectivity index (χ4n) is 2.16. The van der Waals surface area contributed by atoms with Crippen LogP contribution in [0.5, 0.6) is 0 Å². The molecule has 0 amide bonds. The summed E-state index contributed by atoms with van der Waals surface area (Å²) in [6.45, 7) is 0. The van der Waals surface area contributed by atoms with E-state index in [0.29, 0.717) is 6.04 Å². The standard InChI is InChI=1S/C13H13NS/c1-2-4-12-10(3-1)5-6-13(14-12)11-7-8-15-9-11/h1-4,7-9,13-14H,5-6H2. The largest absolute Gasteiger partial charge is 0.378 e. The van der Waals surface area contributed by atoms with Crippen molar-refractivity contribution in [3.05, 3.63) is 52.2 Å². The average molecular weight is 215 g/mol. The molecule has 0 aliphatic carbocycles. The molecule has 0 saturated heterocycles. The molecule has 15 heavy (non-hydrogen) atoms. The van der Waals surface area contributed by atoms with Gasteiger partial charge in [-0.25, -0.2) is 0 Å². The van der Waals surface area contributed by atoms with Crippen LogP contribution in [0, 0.1) is 0 Å². The van der Waals surface area contributed by atoms with Crippen LogP contribution in [0.1, 0.15) is 23.6 Å². The maximum Gasteiger partial charge on any atom is 0.0525 e. The monoisotopic (exact) mass is 215 g/mol. The minimum Gasteiger partial charge on any atom is -0.378 e. The molecule has 1 nitrogen and oxygen atoms in total. The van der Waals surface area contributed by atoms with E-state index in [1.807, 2.05) is 0 Å². The number of rotatable bonds is 1. The van der Waals surface area contributed by atoms with Crippen LogP contribution in [0.25, 0.3) is 0 Å². The van der Waals surface area contributed by atoms with Crippen molar-refractivity contribution < 1.29 is 0 Å². The van der Waals surface area contributed by atoms with Gasteiger partial charge in [0, 0.05) is 5.69 Å². The zero-order valence-corrected chi connectivity index (χ0v) is 9.26. The molecular weight excluding hydrogens is 202 g/mol. The van der Waals surface area contributed by atoms with Gasteiger partial charge in [-0.2, -0.15) is 11.3 Å². The van der Waals surface area contributed by atoms with E-state index >= 15 is 0 Å². The van der Waals surface area contributed by atoms with Crippen LogP contribution in [-0.2, 0) is 6.42 Å². The first-order valence-electron chi connectivity index (χ1n) is 5.30. The van der Waals surface area contributed by atoms with E-state index in [9.17, 15) is 0 Å². The summed E-state index contributed by atoms with van der Waals surface area (Å²) < 4.78 is 0. The number of hydrogen-bond donors (Lipinski definition) is 1. The van der Waals surface area contributed by atoms with Crippen LogP contribution < -0.4 is 5.32 Å². The van der Waals surface area contributed by atoms with Crippen molar-refractivity contribution in [3.63, 3.8) is 0 Å². The molecule has 1 aliphatic rings. The van der Waals surface area contributed by atoms with Crippen molar-refractivity contribution >= 4 is 17.0 Å². The lowest BCUT2D eigenvalue weighted by molar-refractivity contribution is 0.670. The molecule has 2 heteroatoms. The summed E-state index contributed by atoms with van der Waals surface area (Å²) in [5.74, 6) is 0. The van der Waals surface area contributed by atoms with Gasteiger partial charge >= 0.3 is 0 Å². The number of aryl methyl sites for hydroxylation is 1. The molecule has 0 fully saturated rings. The molecule has 1 atom stereocenters. The van der Waals surface area contributed by atoms with Crippen molar-refractivity contribution in [2.45, 2.75) is 18.9 Å². The number of fused-ring (bicyclic) bond motifs is 1. The highest BCUT2D eigenvalue weighted by molar-refractivity contribution is 7.08.